The van der Waals surface area contributed by atoms with Crippen molar-refractivity contribution in [2.45, 2.75) is 145 Å². The second-order valence-electron chi connectivity index (χ2n) is 19.3. The molecule has 2 bridgehead atoms. The number of allylic oxidation sites excluding steroid dienone is 2. The maximum atomic E-state index is 15.5. The molecule has 0 heterocycles. The van der Waals surface area contributed by atoms with Crippen molar-refractivity contribution < 1.29 is 19.8 Å². The summed E-state index contributed by atoms with van der Waals surface area (Å²) >= 11 is 0. The van der Waals surface area contributed by atoms with Gasteiger partial charge in [0.15, 0.2) is 11.6 Å². The van der Waals surface area contributed by atoms with E-state index >= 15 is 4.79 Å². The van der Waals surface area contributed by atoms with Crippen molar-refractivity contribution in [2.75, 3.05) is 0 Å². The van der Waals surface area contributed by atoms with Gasteiger partial charge in [-0.25, -0.2) is 0 Å². The molecule has 0 aromatic carbocycles. The van der Waals surface area contributed by atoms with Gasteiger partial charge in [0.25, 0.3) is 0 Å². The van der Waals surface area contributed by atoms with Gasteiger partial charge in [0.2, 0.25) is 0 Å². The molecule has 4 fully saturated rings. The lowest BCUT2D eigenvalue weighted by molar-refractivity contribution is -0.232. The van der Waals surface area contributed by atoms with Gasteiger partial charge in [0.05, 0.1) is 5.92 Å². The standard InChI is InChI=1S/C40H60O4/c1-22(2)39(43)28(41)21-27-36(9)18-11-16-35(7,8)26(36)15-20-38(27)31-29-24(30(32(38)39)40(44,23(3)4)33(31)42)13-14-25-34(5,6)17-12-19-37(25,29)10/h21-23,25-26,30-32,43-44H,11-20H2,1-10H3/t25?,26?,30?,31?,32?,36?,37?,38?,39-,40?/m0/s1. The third-order valence-electron chi connectivity index (χ3n) is 16.2. The van der Waals surface area contributed by atoms with Crippen molar-refractivity contribution in [1.29, 1.82) is 0 Å². The van der Waals surface area contributed by atoms with Gasteiger partial charge in [-0.2, -0.15) is 0 Å². The molecule has 44 heavy (non-hydrogen) atoms. The molecule has 8 aliphatic rings. The Kier molecular flexibility index (Phi) is 6.41. The van der Waals surface area contributed by atoms with E-state index in [0.717, 1.165) is 51.4 Å². The Hall–Kier alpha value is -1.26. The maximum Gasteiger partial charge on any atom is 0.187 e. The molecule has 2 N–H and O–H groups in total. The summed E-state index contributed by atoms with van der Waals surface area (Å²) in [6.07, 6.45) is 12.4. The van der Waals surface area contributed by atoms with E-state index in [4.69, 9.17) is 0 Å². The summed E-state index contributed by atoms with van der Waals surface area (Å²) in [5, 5.41) is 25.9. The summed E-state index contributed by atoms with van der Waals surface area (Å²) in [6, 6.07) is 0. The van der Waals surface area contributed by atoms with E-state index in [2.05, 4.69) is 41.5 Å². The zero-order valence-corrected chi connectivity index (χ0v) is 29.4. The van der Waals surface area contributed by atoms with Crippen LogP contribution in [0.2, 0.25) is 0 Å². The van der Waals surface area contributed by atoms with Crippen LogP contribution < -0.4 is 0 Å². The summed E-state index contributed by atoms with van der Waals surface area (Å²) in [5.74, 6) is -1.39. The van der Waals surface area contributed by atoms with Crippen molar-refractivity contribution in [2.24, 2.45) is 68.5 Å². The first-order valence-electron chi connectivity index (χ1n) is 18.3. The van der Waals surface area contributed by atoms with Crippen LogP contribution in [-0.2, 0) is 9.59 Å². The number of Topliss-reactive ketones (excluding diaryl/α,β-unsaturated/α-hetero) is 1. The number of hydrogen-bond acceptors (Lipinski definition) is 4. The van der Waals surface area contributed by atoms with Crippen LogP contribution in [-0.4, -0.2) is 33.0 Å². The fourth-order valence-electron chi connectivity index (χ4n) is 14.5. The molecule has 4 heteroatoms. The predicted octanol–water partition coefficient (Wildman–Crippen LogP) is 8.25. The van der Waals surface area contributed by atoms with E-state index in [1.807, 2.05) is 33.8 Å². The van der Waals surface area contributed by atoms with E-state index in [0.29, 0.717) is 11.8 Å². The number of fused-ring (bicyclic) bond motifs is 4. The first kappa shape index (κ1) is 31.3. The SMILES string of the molecule is CC(C)C1(O)C(=O)C2C3=C(CCC4C(C)(C)CCCC34C)C1C1C23CCC2C(C)(C)CCCC2(C)C3=CC(=O)[C@@]1(O)C(C)C. The summed E-state index contributed by atoms with van der Waals surface area (Å²) in [5.41, 5.74) is -0.0457. The lowest BCUT2D eigenvalue weighted by Crippen LogP contribution is -2.79. The summed E-state index contributed by atoms with van der Waals surface area (Å²) in [4.78, 5) is 30.1. The van der Waals surface area contributed by atoms with E-state index < -0.39 is 34.4 Å². The van der Waals surface area contributed by atoms with Gasteiger partial charge in [-0.15, -0.1) is 0 Å². The van der Waals surface area contributed by atoms with Gasteiger partial charge in [-0.1, -0.05) is 98.8 Å². The van der Waals surface area contributed by atoms with E-state index in [9.17, 15) is 15.0 Å². The Morgan fingerprint density at radius 2 is 1.27 bits per heavy atom. The molecule has 0 aliphatic heterocycles. The fourth-order valence-corrected chi connectivity index (χ4v) is 14.5. The first-order chi connectivity index (χ1) is 20.3. The third-order valence-corrected chi connectivity index (χ3v) is 16.2. The average molecular weight is 605 g/mol. The van der Waals surface area contributed by atoms with Crippen LogP contribution in [0.3, 0.4) is 0 Å². The zero-order chi connectivity index (χ0) is 32.2. The third kappa shape index (κ3) is 3.29. The van der Waals surface area contributed by atoms with Gasteiger partial charge in [0, 0.05) is 17.3 Å². The zero-order valence-electron chi connectivity index (χ0n) is 29.4. The number of aliphatic hydroxyl groups is 2. The highest BCUT2D eigenvalue weighted by atomic mass is 16.3. The molecule has 4 saturated carbocycles. The highest BCUT2D eigenvalue weighted by molar-refractivity contribution is 6.04. The summed E-state index contributed by atoms with van der Waals surface area (Å²) < 4.78 is 0. The molecule has 9 unspecified atom stereocenters. The fraction of sp³-hybridized carbons (Fsp3) is 0.850. The van der Waals surface area contributed by atoms with Gasteiger partial charge in [-0.3, -0.25) is 9.59 Å². The van der Waals surface area contributed by atoms with Crippen molar-refractivity contribution in [3.8, 4) is 0 Å². The quantitative estimate of drug-likeness (QED) is 0.311. The highest BCUT2D eigenvalue weighted by Crippen LogP contribution is 2.80. The minimum Gasteiger partial charge on any atom is -0.381 e. The van der Waals surface area contributed by atoms with E-state index in [1.54, 1.807) is 0 Å². The molecule has 0 amide bonds. The molecule has 0 aromatic rings. The molecule has 0 aromatic heterocycles. The largest absolute Gasteiger partial charge is 0.381 e. The van der Waals surface area contributed by atoms with Crippen LogP contribution in [0.5, 0.6) is 0 Å². The minimum atomic E-state index is -1.62. The minimum absolute atomic E-state index is 0.00114. The second-order valence-corrected chi connectivity index (χ2v) is 19.3. The number of carbonyl (C=O) groups excluding carboxylic acids is 2. The maximum absolute atomic E-state index is 15.5. The van der Waals surface area contributed by atoms with Crippen LogP contribution in [0, 0.1) is 68.5 Å². The molecule has 10 atom stereocenters. The van der Waals surface area contributed by atoms with Gasteiger partial charge in [0.1, 0.15) is 11.2 Å². The smallest absolute Gasteiger partial charge is 0.187 e. The van der Waals surface area contributed by atoms with Crippen LogP contribution in [0.4, 0.5) is 0 Å². The van der Waals surface area contributed by atoms with Crippen LogP contribution >= 0.6 is 0 Å². The molecule has 0 radical (unpaired) electrons. The van der Waals surface area contributed by atoms with Crippen LogP contribution in [0.15, 0.2) is 22.8 Å². The average Bonchev–Trinajstić information content (AvgIpc) is 2.91. The molecule has 8 rings (SSSR count). The second kappa shape index (κ2) is 9.00. The Balaban J connectivity index is 1.58. The molecule has 244 valence electrons. The first-order valence-corrected chi connectivity index (χ1v) is 18.3. The molecule has 0 saturated heterocycles. The Bertz CT molecular complexity index is 1380. The van der Waals surface area contributed by atoms with Crippen molar-refractivity contribution in [3.63, 3.8) is 0 Å². The van der Waals surface area contributed by atoms with Crippen molar-refractivity contribution in [1.82, 2.24) is 0 Å². The Labute approximate surface area is 266 Å². The summed E-state index contributed by atoms with van der Waals surface area (Å²) in [6.45, 7) is 22.5. The van der Waals surface area contributed by atoms with Crippen molar-refractivity contribution >= 4 is 11.6 Å². The van der Waals surface area contributed by atoms with Gasteiger partial charge < -0.3 is 10.2 Å². The Morgan fingerprint density at radius 1 is 0.727 bits per heavy atom. The van der Waals surface area contributed by atoms with Crippen molar-refractivity contribution in [3.05, 3.63) is 22.8 Å². The number of ketones is 2. The van der Waals surface area contributed by atoms with Gasteiger partial charge in [-0.05, 0) is 103 Å². The molecule has 4 nitrogen and oxygen atoms in total. The molecular formula is C40H60O4. The normalized spacial score (nSPS) is 50.5. The molecule has 8 aliphatic carbocycles. The van der Waals surface area contributed by atoms with Gasteiger partial charge >= 0.3 is 0 Å². The Morgan fingerprint density at radius 3 is 1.84 bits per heavy atom. The topological polar surface area (TPSA) is 74.6 Å². The van der Waals surface area contributed by atoms with Crippen LogP contribution in [0.25, 0.3) is 0 Å². The molecule has 1 spiro atoms. The van der Waals surface area contributed by atoms with Crippen LogP contribution in [0.1, 0.15) is 133 Å². The number of carbonyl (C=O) groups is 2. The number of rotatable bonds is 2. The molecular weight excluding hydrogens is 544 g/mol. The van der Waals surface area contributed by atoms with E-state index in [-0.39, 0.29) is 45.1 Å². The number of hydrogen-bond donors (Lipinski definition) is 2. The lowest BCUT2D eigenvalue weighted by atomic mass is 9.28. The lowest BCUT2D eigenvalue weighted by Gasteiger charge is -2.75. The summed E-state index contributed by atoms with van der Waals surface area (Å²) in [7, 11) is 0. The predicted molar refractivity (Wildman–Crippen MR) is 175 cm³/mol. The highest BCUT2D eigenvalue weighted by Gasteiger charge is 2.81. The van der Waals surface area contributed by atoms with E-state index in [1.165, 1.54) is 29.6 Å². The monoisotopic (exact) mass is 604 g/mol.